The Hall–Kier alpha value is -1.57. The van der Waals surface area contributed by atoms with Crippen LogP contribution in [0.15, 0.2) is 42.0 Å². The van der Waals surface area contributed by atoms with E-state index in [4.69, 9.17) is 4.74 Å². The molecule has 1 aromatic carbocycles. The zero-order chi connectivity index (χ0) is 20.2. The van der Waals surface area contributed by atoms with E-state index in [1.807, 2.05) is 30.3 Å². The second kappa shape index (κ2) is 12.8. The van der Waals surface area contributed by atoms with E-state index < -0.39 is 0 Å². The second-order valence-corrected chi connectivity index (χ2v) is 8.60. The fourth-order valence-electron chi connectivity index (χ4n) is 4.54. The van der Waals surface area contributed by atoms with Gasteiger partial charge in [0, 0.05) is 6.42 Å². The zero-order valence-corrected chi connectivity index (χ0v) is 18.3. The number of carbonyl (C=O) groups is 1. The van der Waals surface area contributed by atoms with Crippen molar-refractivity contribution in [3.63, 3.8) is 0 Å². The Morgan fingerprint density at radius 1 is 1.07 bits per heavy atom. The first-order valence-corrected chi connectivity index (χ1v) is 11.6. The summed E-state index contributed by atoms with van der Waals surface area (Å²) in [5.74, 6) is 2.79. The molecule has 0 saturated carbocycles. The Morgan fingerprint density at radius 3 is 2.50 bits per heavy atom. The number of allylic oxidation sites excluding steroid dienone is 2. The van der Waals surface area contributed by atoms with E-state index in [-0.39, 0.29) is 5.97 Å². The number of hydrogen-bond donors (Lipinski definition) is 0. The van der Waals surface area contributed by atoms with Crippen LogP contribution in [-0.2, 0) is 4.79 Å². The van der Waals surface area contributed by atoms with Crippen molar-refractivity contribution in [1.29, 1.82) is 0 Å². The van der Waals surface area contributed by atoms with E-state index in [9.17, 15) is 4.79 Å². The first-order valence-electron chi connectivity index (χ1n) is 11.6. The fraction of sp³-hybridized carbons (Fsp3) is 0.654. The van der Waals surface area contributed by atoms with Crippen LogP contribution in [0, 0.1) is 17.8 Å². The zero-order valence-electron chi connectivity index (χ0n) is 18.3. The summed E-state index contributed by atoms with van der Waals surface area (Å²) in [6, 6.07) is 9.41. The molecular formula is C26H40O2. The molecule has 1 aliphatic carbocycles. The number of unbranched alkanes of at least 4 members (excludes halogenated alkanes) is 2. The van der Waals surface area contributed by atoms with Gasteiger partial charge in [-0.2, -0.15) is 0 Å². The molecule has 3 unspecified atom stereocenters. The van der Waals surface area contributed by atoms with Crippen LogP contribution in [0.25, 0.3) is 0 Å². The second-order valence-electron chi connectivity index (χ2n) is 8.60. The maximum absolute atomic E-state index is 12.2. The van der Waals surface area contributed by atoms with Crippen LogP contribution in [0.2, 0.25) is 0 Å². The SMILES string of the molecule is CCCCCC(C)C1CC=C(C(CCC)CCC(=O)Oc2ccccc2)CC1. The van der Waals surface area contributed by atoms with Gasteiger partial charge < -0.3 is 4.74 Å². The number of carbonyl (C=O) groups excluding carboxylic acids is 1. The minimum atomic E-state index is -0.105. The Morgan fingerprint density at radius 2 is 1.86 bits per heavy atom. The molecule has 0 aromatic heterocycles. The van der Waals surface area contributed by atoms with Gasteiger partial charge >= 0.3 is 5.97 Å². The molecule has 0 spiro atoms. The molecule has 1 aliphatic rings. The van der Waals surface area contributed by atoms with E-state index >= 15 is 0 Å². The Kier molecular flexibility index (Phi) is 10.4. The highest BCUT2D eigenvalue weighted by molar-refractivity contribution is 5.72. The monoisotopic (exact) mass is 384 g/mol. The third kappa shape index (κ3) is 7.81. The number of ether oxygens (including phenoxy) is 1. The van der Waals surface area contributed by atoms with E-state index in [2.05, 4.69) is 26.8 Å². The van der Waals surface area contributed by atoms with Crippen molar-refractivity contribution in [3.8, 4) is 5.75 Å². The van der Waals surface area contributed by atoms with Crippen LogP contribution in [0.1, 0.15) is 91.4 Å². The van der Waals surface area contributed by atoms with Gasteiger partial charge in [-0.15, -0.1) is 0 Å². The molecule has 0 bridgehead atoms. The lowest BCUT2D eigenvalue weighted by molar-refractivity contribution is -0.134. The van der Waals surface area contributed by atoms with Gasteiger partial charge in [-0.05, 0) is 62.0 Å². The molecule has 2 rings (SSSR count). The molecule has 0 heterocycles. The summed E-state index contributed by atoms with van der Waals surface area (Å²) in [5.41, 5.74) is 1.60. The summed E-state index contributed by atoms with van der Waals surface area (Å²) in [5, 5.41) is 0. The minimum absolute atomic E-state index is 0.105. The van der Waals surface area contributed by atoms with Gasteiger partial charge in [0.2, 0.25) is 0 Å². The Balaban J connectivity index is 1.81. The van der Waals surface area contributed by atoms with E-state index in [1.54, 1.807) is 5.57 Å². The summed E-state index contributed by atoms with van der Waals surface area (Å²) in [4.78, 5) is 12.2. The summed E-state index contributed by atoms with van der Waals surface area (Å²) in [7, 11) is 0. The van der Waals surface area contributed by atoms with E-state index in [0.717, 1.165) is 18.3 Å². The van der Waals surface area contributed by atoms with Crippen molar-refractivity contribution < 1.29 is 9.53 Å². The molecule has 0 radical (unpaired) electrons. The van der Waals surface area contributed by atoms with Crippen molar-refractivity contribution >= 4 is 5.97 Å². The Bertz CT molecular complexity index is 590. The van der Waals surface area contributed by atoms with Crippen LogP contribution in [0.4, 0.5) is 0 Å². The first-order chi connectivity index (χ1) is 13.6. The van der Waals surface area contributed by atoms with Gasteiger partial charge in [0.25, 0.3) is 0 Å². The standard InChI is InChI=1S/C26H40O2/c1-4-6-8-12-21(3)22-15-17-24(18-16-22)23(11-5-2)19-20-26(27)28-25-13-9-7-10-14-25/h7,9-10,13-14,17,21-23H,4-6,8,11-12,15-16,18-20H2,1-3H3. The predicted molar refractivity (Wildman–Crippen MR) is 118 cm³/mol. The Labute approximate surface area is 172 Å². The quantitative estimate of drug-likeness (QED) is 0.159. The lowest BCUT2D eigenvalue weighted by Gasteiger charge is -2.30. The number of rotatable bonds is 12. The van der Waals surface area contributed by atoms with Gasteiger partial charge in [0.05, 0.1) is 0 Å². The van der Waals surface area contributed by atoms with Crippen LogP contribution in [0.3, 0.4) is 0 Å². The smallest absolute Gasteiger partial charge is 0.311 e. The topological polar surface area (TPSA) is 26.3 Å². The summed E-state index contributed by atoms with van der Waals surface area (Å²) >= 11 is 0. The molecule has 0 fully saturated rings. The van der Waals surface area contributed by atoms with E-state index in [0.29, 0.717) is 18.1 Å². The van der Waals surface area contributed by atoms with Crippen molar-refractivity contribution in [1.82, 2.24) is 0 Å². The van der Waals surface area contributed by atoms with Gasteiger partial charge in [0.1, 0.15) is 5.75 Å². The maximum Gasteiger partial charge on any atom is 0.311 e. The average molecular weight is 385 g/mol. The number of hydrogen-bond acceptors (Lipinski definition) is 2. The first kappa shape index (κ1) is 22.7. The summed E-state index contributed by atoms with van der Waals surface area (Å²) < 4.78 is 5.47. The largest absolute Gasteiger partial charge is 0.427 e. The van der Waals surface area contributed by atoms with E-state index in [1.165, 1.54) is 57.8 Å². The molecule has 2 nitrogen and oxygen atoms in total. The summed E-state index contributed by atoms with van der Waals surface area (Å²) in [6.07, 6.45) is 15.5. The molecule has 0 saturated heterocycles. The lowest BCUT2D eigenvalue weighted by Crippen LogP contribution is -2.18. The number of benzene rings is 1. The van der Waals surface area contributed by atoms with Crippen molar-refractivity contribution in [2.75, 3.05) is 0 Å². The van der Waals surface area contributed by atoms with Gasteiger partial charge in [-0.25, -0.2) is 0 Å². The molecule has 0 aliphatic heterocycles. The molecule has 0 amide bonds. The normalized spacial score (nSPS) is 19.0. The third-order valence-corrected chi connectivity index (χ3v) is 6.39. The van der Waals surface area contributed by atoms with Crippen LogP contribution < -0.4 is 4.74 Å². The van der Waals surface area contributed by atoms with Crippen LogP contribution >= 0.6 is 0 Å². The highest BCUT2D eigenvalue weighted by Crippen LogP contribution is 2.37. The molecule has 28 heavy (non-hydrogen) atoms. The van der Waals surface area contributed by atoms with Crippen LogP contribution in [0.5, 0.6) is 5.75 Å². The number of para-hydroxylation sites is 1. The lowest BCUT2D eigenvalue weighted by atomic mass is 9.75. The molecule has 0 N–H and O–H groups in total. The highest BCUT2D eigenvalue weighted by Gasteiger charge is 2.24. The maximum atomic E-state index is 12.2. The van der Waals surface area contributed by atoms with Gasteiger partial charge in [0.15, 0.2) is 0 Å². The highest BCUT2D eigenvalue weighted by atomic mass is 16.5. The molecule has 3 atom stereocenters. The molecule has 2 heteroatoms. The van der Waals surface area contributed by atoms with Crippen LogP contribution in [-0.4, -0.2) is 5.97 Å². The average Bonchev–Trinajstić information content (AvgIpc) is 2.72. The number of esters is 1. The van der Waals surface area contributed by atoms with Crippen molar-refractivity contribution in [2.45, 2.75) is 91.4 Å². The van der Waals surface area contributed by atoms with Crippen molar-refractivity contribution in [3.05, 3.63) is 42.0 Å². The summed E-state index contributed by atoms with van der Waals surface area (Å²) in [6.45, 7) is 6.98. The molecular weight excluding hydrogens is 344 g/mol. The third-order valence-electron chi connectivity index (χ3n) is 6.39. The predicted octanol–water partition coefficient (Wildman–Crippen LogP) is 7.73. The fourth-order valence-corrected chi connectivity index (χ4v) is 4.54. The van der Waals surface area contributed by atoms with Crippen molar-refractivity contribution in [2.24, 2.45) is 17.8 Å². The van der Waals surface area contributed by atoms with Gasteiger partial charge in [-0.1, -0.05) is 82.7 Å². The minimum Gasteiger partial charge on any atom is -0.427 e. The van der Waals surface area contributed by atoms with Gasteiger partial charge in [-0.3, -0.25) is 4.79 Å². The molecule has 1 aromatic rings. The molecule has 156 valence electrons.